The molecule has 1 aliphatic heterocycles. The van der Waals surface area contributed by atoms with E-state index < -0.39 is 17.6 Å². The van der Waals surface area contributed by atoms with E-state index in [0.717, 1.165) is 30.1 Å². The molecule has 2 N–H and O–H groups in total. The molecule has 0 unspecified atom stereocenters. The molecule has 0 radical (unpaired) electrons. The van der Waals surface area contributed by atoms with Crippen molar-refractivity contribution >= 4 is 22.6 Å². The number of aromatic amines is 1. The molecule has 0 atom stereocenters. The molecule has 8 nitrogen and oxygen atoms in total. The zero-order chi connectivity index (χ0) is 30.8. The molecule has 0 bridgehead atoms. The van der Waals surface area contributed by atoms with Crippen molar-refractivity contribution in [3.8, 4) is 22.8 Å². The number of alkyl halides is 3. The van der Waals surface area contributed by atoms with Crippen LogP contribution in [0.5, 0.6) is 11.5 Å². The van der Waals surface area contributed by atoms with Gasteiger partial charge in [0, 0.05) is 74.2 Å². The summed E-state index contributed by atoms with van der Waals surface area (Å²) in [7, 11) is 2.00. The molecule has 3 aromatic heterocycles. The van der Waals surface area contributed by atoms with Gasteiger partial charge in [0.1, 0.15) is 17.1 Å². The quantitative estimate of drug-likeness (QED) is 0.215. The Bertz CT molecular complexity index is 1800. The van der Waals surface area contributed by atoms with Crippen LogP contribution < -0.4 is 10.1 Å². The van der Waals surface area contributed by atoms with Gasteiger partial charge in [-0.1, -0.05) is 12.1 Å². The average molecular weight is 601 g/mol. The second-order valence-corrected chi connectivity index (χ2v) is 11.0. The lowest BCUT2D eigenvalue weighted by Gasteiger charge is -2.33. The highest BCUT2D eigenvalue weighted by atomic mass is 19.4. The molecule has 4 heterocycles. The molecule has 0 spiro atoms. The minimum atomic E-state index is -4.56. The number of hydrogen-bond donors (Lipinski definition) is 2. The summed E-state index contributed by atoms with van der Waals surface area (Å²) < 4.78 is 48.5. The van der Waals surface area contributed by atoms with Gasteiger partial charge >= 0.3 is 6.18 Å². The third-order valence-electron chi connectivity index (χ3n) is 7.79. The van der Waals surface area contributed by atoms with Crippen molar-refractivity contribution in [1.29, 1.82) is 0 Å². The van der Waals surface area contributed by atoms with Crippen LogP contribution in [0, 0.1) is 6.92 Å². The zero-order valence-corrected chi connectivity index (χ0v) is 24.3. The van der Waals surface area contributed by atoms with Gasteiger partial charge < -0.3 is 19.9 Å². The molecule has 0 aliphatic carbocycles. The Morgan fingerprint density at radius 2 is 1.86 bits per heavy atom. The number of likely N-dealkylation sites (N-methyl/N-ethyl adjacent to an activating group) is 1. The largest absolute Gasteiger partial charge is 0.456 e. The van der Waals surface area contributed by atoms with Gasteiger partial charge in [0.15, 0.2) is 0 Å². The predicted octanol–water partition coefficient (Wildman–Crippen LogP) is 6.74. The van der Waals surface area contributed by atoms with E-state index in [1.807, 2.05) is 30.1 Å². The summed E-state index contributed by atoms with van der Waals surface area (Å²) in [6, 6.07) is 16.4. The number of hydrogen-bond acceptors (Lipinski definition) is 6. The van der Waals surface area contributed by atoms with E-state index in [9.17, 15) is 18.0 Å². The first kappa shape index (κ1) is 29.3. The van der Waals surface area contributed by atoms with Gasteiger partial charge in [0.2, 0.25) is 0 Å². The number of ether oxygens (including phenoxy) is 1. The normalized spacial score (nSPS) is 14.6. The van der Waals surface area contributed by atoms with E-state index in [-0.39, 0.29) is 23.4 Å². The molecule has 1 amide bonds. The number of carbonyl (C=O) groups is 1. The zero-order valence-electron chi connectivity index (χ0n) is 24.3. The third-order valence-corrected chi connectivity index (χ3v) is 7.79. The van der Waals surface area contributed by atoms with Crippen LogP contribution in [0.3, 0.4) is 0 Å². The maximum atomic E-state index is 14.1. The van der Waals surface area contributed by atoms with E-state index >= 15 is 0 Å². The first-order valence-electron chi connectivity index (χ1n) is 14.2. The van der Waals surface area contributed by atoms with Crippen LogP contribution >= 0.6 is 0 Å². The van der Waals surface area contributed by atoms with Gasteiger partial charge in [-0.3, -0.25) is 14.7 Å². The molecule has 11 heteroatoms. The van der Waals surface area contributed by atoms with E-state index in [1.54, 1.807) is 49.8 Å². The lowest BCUT2D eigenvalue weighted by atomic mass is 10.0. The van der Waals surface area contributed by atoms with E-state index in [0.29, 0.717) is 41.5 Å². The number of benzene rings is 2. The molecular formula is C33H31F3N6O2. The molecule has 6 rings (SSSR count). The molecule has 0 saturated carbocycles. The number of piperazine rings is 1. The Kier molecular flexibility index (Phi) is 8.07. The average Bonchev–Trinajstić information content (AvgIpc) is 3.49. The number of pyridine rings is 2. The second kappa shape index (κ2) is 12.1. The van der Waals surface area contributed by atoms with Gasteiger partial charge in [-0.15, -0.1) is 0 Å². The van der Waals surface area contributed by atoms with E-state index in [1.165, 1.54) is 12.1 Å². The number of aromatic nitrogens is 3. The molecule has 1 aliphatic rings. The molecule has 226 valence electrons. The standard InChI is InChI=1S/C33H31F3N6O2/c1-21-5-8-25(44-30-18-29(22-4-3-10-37-19-22)40-31-26(30)9-11-38-31)17-27(21)32(43)39-24-7-6-23(28(16-24)33(34,35)36)20-42-14-12-41(2)13-15-42/h3-11,16-19H,12-15,20H2,1-2H3,(H,38,40)(H,39,43). The Balaban J connectivity index is 1.24. The summed E-state index contributed by atoms with van der Waals surface area (Å²) in [6.45, 7) is 4.96. The number of anilines is 1. The van der Waals surface area contributed by atoms with Crippen molar-refractivity contribution in [2.45, 2.75) is 19.6 Å². The van der Waals surface area contributed by atoms with Crippen molar-refractivity contribution in [1.82, 2.24) is 24.8 Å². The predicted molar refractivity (Wildman–Crippen MR) is 163 cm³/mol. The van der Waals surface area contributed by atoms with Crippen LogP contribution in [0.1, 0.15) is 27.0 Å². The lowest BCUT2D eigenvalue weighted by Crippen LogP contribution is -2.44. The van der Waals surface area contributed by atoms with Gasteiger partial charge in [-0.2, -0.15) is 13.2 Å². The highest BCUT2D eigenvalue weighted by molar-refractivity contribution is 6.05. The third kappa shape index (κ3) is 6.43. The van der Waals surface area contributed by atoms with Crippen molar-refractivity contribution in [3.63, 3.8) is 0 Å². The number of fused-ring (bicyclic) bond motifs is 1. The number of nitrogens with one attached hydrogen (secondary N) is 2. The van der Waals surface area contributed by atoms with Crippen molar-refractivity contribution < 1.29 is 22.7 Å². The Morgan fingerprint density at radius 3 is 2.61 bits per heavy atom. The first-order chi connectivity index (χ1) is 21.1. The summed E-state index contributed by atoms with van der Waals surface area (Å²) in [6.07, 6.45) is 0.588. The monoisotopic (exact) mass is 600 g/mol. The number of nitrogens with zero attached hydrogens (tertiary/aromatic N) is 4. The highest BCUT2D eigenvalue weighted by Gasteiger charge is 2.34. The molecule has 1 saturated heterocycles. The van der Waals surface area contributed by atoms with Crippen LogP contribution in [0.15, 0.2) is 79.3 Å². The Labute approximate surface area is 252 Å². The van der Waals surface area contributed by atoms with Gasteiger partial charge in [-0.25, -0.2) is 4.98 Å². The van der Waals surface area contributed by atoms with Crippen LogP contribution in [-0.2, 0) is 12.7 Å². The fraction of sp³-hybridized carbons (Fsp3) is 0.242. The number of rotatable bonds is 7. The summed E-state index contributed by atoms with van der Waals surface area (Å²) >= 11 is 0. The molecule has 5 aromatic rings. The van der Waals surface area contributed by atoms with E-state index in [2.05, 4.69) is 25.2 Å². The smallest absolute Gasteiger partial charge is 0.416 e. The minimum absolute atomic E-state index is 0.0689. The van der Waals surface area contributed by atoms with E-state index in [4.69, 9.17) is 4.74 Å². The summed E-state index contributed by atoms with van der Waals surface area (Å²) in [5.41, 5.74) is 2.53. The Morgan fingerprint density at radius 1 is 1.05 bits per heavy atom. The maximum Gasteiger partial charge on any atom is 0.416 e. The topological polar surface area (TPSA) is 86.4 Å². The maximum absolute atomic E-state index is 14.1. The van der Waals surface area contributed by atoms with Crippen LogP contribution in [0.25, 0.3) is 22.3 Å². The highest BCUT2D eigenvalue weighted by Crippen LogP contribution is 2.36. The summed E-state index contributed by atoms with van der Waals surface area (Å²) in [5, 5.41) is 3.41. The number of H-pyrrole nitrogens is 1. The minimum Gasteiger partial charge on any atom is -0.456 e. The number of amides is 1. The van der Waals surface area contributed by atoms with Gasteiger partial charge in [0.05, 0.1) is 16.6 Å². The van der Waals surface area contributed by atoms with Crippen LogP contribution in [-0.4, -0.2) is 63.9 Å². The Hall–Kier alpha value is -4.74. The SMILES string of the molecule is Cc1ccc(Oc2cc(-c3cccnc3)nc3[nH]ccc23)cc1C(=O)Nc1ccc(CN2CCN(C)CC2)c(C(F)(F)F)c1. The van der Waals surface area contributed by atoms with Crippen molar-refractivity contribution in [2.75, 3.05) is 38.5 Å². The van der Waals surface area contributed by atoms with Crippen LogP contribution in [0.4, 0.5) is 18.9 Å². The van der Waals surface area contributed by atoms with Gasteiger partial charge in [0.25, 0.3) is 5.91 Å². The van der Waals surface area contributed by atoms with Crippen molar-refractivity contribution in [2.24, 2.45) is 0 Å². The summed E-state index contributed by atoms with van der Waals surface area (Å²) in [5.74, 6) is 0.381. The second-order valence-electron chi connectivity index (χ2n) is 11.0. The molecule has 1 fully saturated rings. The van der Waals surface area contributed by atoms with Crippen molar-refractivity contribution in [3.05, 3.63) is 102 Å². The lowest BCUT2D eigenvalue weighted by molar-refractivity contribution is -0.138. The fourth-order valence-electron chi connectivity index (χ4n) is 5.29. The summed E-state index contributed by atoms with van der Waals surface area (Å²) in [4.78, 5) is 29.5. The number of halogens is 3. The number of aryl methyl sites for hydroxylation is 1. The van der Waals surface area contributed by atoms with Crippen LogP contribution in [0.2, 0.25) is 0 Å². The molecular weight excluding hydrogens is 569 g/mol. The van der Waals surface area contributed by atoms with Gasteiger partial charge in [-0.05, 0) is 67.6 Å². The molecule has 2 aromatic carbocycles. The molecule has 44 heavy (non-hydrogen) atoms. The number of carbonyl (C=O) groups excluding carboxylic acids is 1. The first-order valence-corrected chi connectivity index (χ1v) is 14.2. The fourth-order valence-corrected chi connectivity index (χ4v) is 5.29.